The summed E-state index contributed by atoms with van der Waals surface area (Å²) in [6.07, 6.45) is 6.80. The number of aliphatic hydroxyl groups is 1. The van der Waals surface area contributed by atoms with Crippen molar-refractivity contribution in [3.8, 4) is 0 Å². The Morgan fingerprint density at radius 1 is 1.35 bits per heavy atom. The van der Waals surface area contributed by atoms with Gasteiger partial charge in [-0.2, -0.15) is 0 Å². The molecule has 2 saturated carbocycles. The smallest absolute Gasteiger partial charge is 0.226 e. The van der Waals surface area contributed by atoms with Crippen LogP contribution in [0.4, 0.5) is 0 Å². The van der Waals surface area contributed by atoms with Crippen LogP contribution < -0.4 is 5.32 Å². The molecule has 0 spiro atoms. The van der Waals surface area contributed by atoms with Crippen LogP contribution in [-0.4, -0.2) is 42.0 Å². The van der Waals surface area contributed by atoms with Gasteiger partial charge in [0.1, 0.15) is 0 Å². The molecule has 3 aliphatic carbocycles. The number of hydrogen-bond acceptors (Lipinski definition) is 3. The molecule has 144 valence electrons. The quantitative estimate of drug-likeness (QED) is 0.754. The minimum Gasteiger partial charge on any atom is -0.393 e. The van der Waals surface area contributed by atoms with Crippen LogP contribution in [0.25, 0.3) is 0 Å². The molecule has 0 aromatic heterocycles. The van der Waals surface area contributed by atoms with Crippen LogP contribution in [0.3, 0.4) is 0 Å². The number of aliphatic hydroxyl groups excluding tert-OH is 1. The molecule has 0 aromatic carbocycles. The van der Waals surface area contributed by atoms with Gasteiger partial charge < -0.3 is 15.3 Å². The van der Waals surface area contributed by atoms with Gasteiger partial charge in [0.25, 0.3) is 0 Å². The van der Waals surface area contributed by atoms with Gasteiger partial charge in [0, 0.05) is 37.5 Å². The first-order chi connectivity index (χ1) is 12.2. The fraction of sp³-hybridized carbons (Fsp3) is 0.810. The van der Waals surface area contributed by atoms with Gasteiger partial charge in [0.15, 0.2) is 0 Å². The molecule has 0 aromatic rings. The van der Waals surface area contributed by atoms with E-state index in [-0.39, 0.29) is 34.5 Å². The van der Waals surface area contributed by atoms with E-state index in [4.69, 9.17) is 0 Å². The Morgan fingerprint density at radius 3 is 2.77 bits per heavy atom. The third-order valence-corrected chi connectivity index (χ3v) is 8.51. The molecular weight excluding hydrogens is 328 g/mol. The summed E-state index contributed by atoms with van der Waals surface area (Å²) in [6, 6.07) is 0. The number of carbonyl (C=O) groups is 2. The number of rotatable bonds is 1. The van der Waals surface area contributed by atoms with Crippen molar-refractivity contribution >= 4 is 11.8 Å². The number of amides is 2. The third-order valence-electron chi connectivity index (χ3n) is 8.51. The van der Waals surface area contributed by atoms with Gasteiger partial charge in [-0.3, -0.25) is 9.59 Å². The maximum absolute atomic E-state index is 12.5. The predicted molar refractivity (Wildman–Crippen MR) is 98.8 cm³/mol. The Hall–Kier alpha value is -1.36. The number of carbonyl (C=O) groups excluding carboxylic acids is 2. The van der Waals surface area contributed by atoms with Crippen molar-refractivity contribution in [2.24, 2.45) is 34.5 Å². The van der Waals surface area contributed by atoms with Gasteiger partial charge >= 0.3 is 0 Å². The second kappa shape index (κ2) is 5.82. The molecule has 2 N–H and O–H groups in total. The standard InChI is InChI=1S/C21H32N2O3/c1-20-10-9-17(25)23(4)16(20)8-5-12-13-6-7-14(19(26)22-3)21(13,2)11-15(24)18(12)20/h8,12-15,18,24H,5-7,9-11H2,1-4H3,(H,22,26)/t12?,13?,14?,15-,18?,20-,21-/m0/s1. The Bertz CT molecular complexity index is 674. The third kappa shape index (κ3) is 2.19. The van der Waals surface area contributed by atoms with Crippen molar-refractivity contribution in [1.82, 2.24) is 10.2 Å². The maximum Gasteiger partial charge on any atom is 0.226 e. The van der Waals surface area contributed by atoms with Crippen molar-refractivity contribution in [3.63, 3.8) is 0 Å². The average Bonchev–Trinajstić information content (AvgIpc) is 2.94. The molecule has 7 atom stereocenters. The van der Waals surface area contributed by atoms with Gasteiger partial charge in [-0.1, -0.05) is 19.9 Å². The number of piperidine rings is 1. The van der Waals surface area contributed by atoms with Crippen molar-refractivity contribution in [3.05, 3.63) is 11.8 Å². The molecular formula is C21H32N2O3. The molecule has 0 bridgehead atoms. The lowest BCUT2D eigenvalue weighted by atomic mass is 9.48. The Labute approximate surface area is 156 Å². The molecule has 4 unspecified atom stereocenters. The molecule has 3 fully saturated rings. The van der Waals surface area contributed by atoms with E-state index in [1.807, 2.05) is 11.9 Å². The summed E-state index contributed by atoms with van der Waals surface area (Å²) in [5, 5.41) is 14.1. The summed E-state index contributed by atoms with van der Waals surface area (Å²) < 4.78 is 0. The van der Waals surface area contributed by atoms with E-state index in [1.54, 1.807) is 7.05 Å². The van der Waals surface area contributed by atoms with Crippen LogP contribution in [0, 0.1) is 34.5 Å². The van der Waals surface area contributed by atoms with E-state index in [9.17, 15) is 14.7 Å². The molecule has 4 rings (SSSR count). The average molecular weight is 360 g/mol. The number of hydrogen-bond donors (Lipinski definition) is 2. The lowest BCUT2D eigenvalue weighted by molar-refractivity contribution is -0.151. The molecule has 4 aliphatic rings. The van der Waals surface area contributed by atoms with E-state index >= 15 is 0 Å². The summed E-state index contributed by atoms with van der Waals surface area (Å²) in [6.45, 7) is 4.47. The summed E-state index contributed by atoms with van der Waals surface area (Å²) in [7, 11) is 3.59. The maximum atomic E-state index is 12.5. The molecule has 1 saturated heterocycles. The normalized spacial score (nSPS) is 47.6. The van der Waals surface area contributed by atoms with E-state index in [2.05, 4.69) is 25.2 Å². The van der Waals surface area contributed by atoms with Gasteiger partial charge in [0.2, 0.25) is 11.8 Å². The number of allylic oxidation sites excluding steroid dienone is 2. The van der Waals surface area contributed by atoms with Gasteiger partial charge in [-0.25, -0.2) is 0 Å². The SMILES string of the molecule is CNC(=O)C1CCC2C3CC=C4N(C)C(=O)CC[C@]4(C)C3[C@@H](O)C[C@]12C. The van der Waals surface area contributed by atoms with Crippen LogP contribution in [0.1, 0.15) is 52.4 Å². The van der Waals surface area contributed by atoms with E-state index in [1.165, 1.54) is 0 Å². The number of likely N-dealkylation sites (tertiary alicyclic amines) is 1. The molecule has 5 heteroatoms. The second-order valence-corrected chi connectivity index (χ2v) is 9.51. The lowest BCUT2D eigenvalue weighted by Gasteiger charge is -2.59. The fourth-order valence-corrected chi connectivity index (χ4v) is 7.32. The molecule has 1 heterocycles. The molecule has 5 nitrogen and oxygen atoms in total. The highest BCUT2D eigenvalue weighted by molar-refractivity contribution is 5.80. The topological polar surface area (TPSA) is 69.6 Å². The highest BCUT2D eigenvalue weighted by atomic mass is 16.3. The van der Waals surface area contributed by atoms with Crippen molar-refractivity contribution in [2.45, 2.75) is 58.5 Å². The van der Waals surface area contributed by atoms with E-state index in [0.717, 1.165) is 31.4 Å². The summed E-state index contributed by atoms with van der Waals surface area (Å²) in [5.74, 6) is 1.36. The van der Waals surface area contributed by atoms with Crippen LogP contribution in [0.15, 0.2) is 11.8 Å². The van der Waals surface area contributed by atoms with Crippen molar-refractivity contribution in [2.75, 3.05) is 14.1 Å². The highest BCUT2D eigenvalue weighted by Crippen LogP contribution is 2.65. The zero-order valence-corrected chi connectivity index (χ0v) is 16.4. The molecule has 26 heavy (non-hydrogen) atoms. The predicted octanol–water partition coefficient (Wildman–Crippen LogP) is 2.31. The van der Waals surface area contributed by atoms with E-state index in [0.29, 0.717) is 24.7 Å². The van der Waals surface area contributed by atoms with Gasteiger partial charge in [0.05, 0.1) is 6.10 Å². The summed E-state index contributed by atoms with van der Waals surface area (Å²) in [5.41, 5.74) is 0.842. The first-order valence-corrected chi connectivity index (χ1v) is 10.1. The number of fused-ring (bicyclic) bond motifs is 5. The number of nitrogens with one attached hydrogen (secondary N) is 1. The van der Waals surface area contributed by atoms with Crippen LogP contribution in [0.5, 0.6) is 0 Å². The zero-order valence-electron chi connectivity index (χ0n) is 16.4. The van der Waals surface area contributed by atoms with Crippen LogP contribution >= 0.6 is 0 Å². The molecule has 1 aliphatic heterocycles. The van der Waals surface area contributed by atoms with Crippen molar-refractivity contribution < 1.29 is 14.7 Å². The van der Waals surface area contributed by atoms with Gasteiger partial charge in [-0.15, -0.1) is 0 Å². The lowest BCUT2D eigenvalue weighted by Crippen LogP contribution is -2.59. The minimum atomic E-state index is -0.415. The largest absolute Gasteiger partial charge is 0.393 e. The van der Waals surface area contributed by atoms with Crippen molar-refractivity contribution in [1.29, 1.82) is 0 Å². The summed E-state index contributed by atoms with van der Waals surface area (Å²) in [4.78, 5) is 26.5. The first kappa shape index (κ1) is 18.0. The Kier molecular flexibility index (Phi) is 4.03. The zero-order chi connectivity index (χ0) is 18.9. The van der Waals surface area contributed by atoms with Crippen LogP contribution in [0.2, 0.25) is 0 Å². The van der Waals surface area contributed by atoms with Gasteiger partial charge in [-0.05, 0) is 55.3 Å². The monoisotopic (exact) mass is 360 g/mol. The minimum absolute atomic E-state index is 0.00175. The Morgan fingerprint density at radius 2 is 2.08 bits per heavy atom. The highest BCUT2D eigenvalue weighted by Gasteiger charge is 2.63. The summed E-state index contributed by atoms with van der Waals surface area (Å²) >= 11 is 0. The fourth-order valence-electron chi connectivity index (χ4n) is 7.32. The molecule has 2 amide bonds. The molecule has 0 radical (unpaired) electrons. The number of nitrogens with zero attached hydrogens (tertiary/aromatic N) is 1. The second-order valence-electron chi connectivity index (χ2n) is 9.51. The first-order valence-electron chi connectivity index (χ1n) is 10.1. The van der Waals surface area contributed by atoms with Crippen LogP contribution in [-0.2, 0) is 9.59 Å². The van der Waals surface area contributed by atoms with E-state index < -0.39 is 6.10 Å². The Balaban J connectivity index is 1.72.